The van der Waals surface area contributed by atoms with Crippen LogP contribution in [0, 0.1) is 6.92 Å². The number of carboxylic acid groups (broad SMARTS) is 1. The van der Waals surface area contributed by atoms with Crippen molar-refractivity contribution in [3.8, 4) is 0 Å². The van der Waals surface area contributed by atoms with Crippen LogP contribution in [0.25, 0.3) is 0 Å². The van der Waals surface area contributed by atoms with Crippen LogP contribution in [0.2, 0.25) is 0 Å². The predicted octanol–water partition coefficient (Wildman–Crippen LogP) is -2.82. The number of carbonyl (C=O) groups excluding carboxylic acids is 1. The Balaban J connectivity index is 0. The molecule has 0 spiro atoms. The molecule has 7 heavy (non-hydrogen) atoms. The molecule has 0 rings (SSSR count). The number of rotatable bonds is 1. The first-order valence-electron chi connectivity index (χ1n) is 1.51. The second kappa shape index (κ2) is 4.69. The normalized spacial score (nSPS) is 11.7. The van der Waals surface area contributed by atoms with Crippen LogP contribution >= 0.6 is 0 Å². The average Bonchev–Trinajstić information content (AvgIpc) is 1.36. The molecule has 0 aromatic carbocycles. The Hall–Kier alpha value is 0.534. The molecule has 4 heteroatoms. The molecule has 3 nitrogen and oxygen atoms in total. The molecule has 0 saturated heterocycles. The Morgan fingerprint density at radius 3 is 2.00 bits per heavy atom. The van der Waals surface area contributed by atoms with Gasteiger partial charge in [-0.3, -0.25) is 6.92 Å². The summed E-state index contributed by atoms with van der Waals surface area (Å²) in [5, 5.41) is 9.46. The maximum Gasteiger partial charge on any atom is 0.0665 e. The number of quaternary nitrogens is 1. The molecule has 0 amide bonds. The van der Waals surface area contributed by atoms with Gasteiger partial charge < -0.3 is 15.6 Å². The summed E-state index contributed by atoms with van der Waals surface area (Å²) in [4.78, 5) is 9.46. The van der Waals surface area contributed by atoms with E-state index in [0.717, 1.165) is 0 Å². The van der Waals surface area contributed by atoms with Crippen LogP contribution in [0.3, 0.4) is 0 Å². The van der Waals surface area contributed by atoms with Crippen LogP contribution < -0.4 is 10.8 Å². The van der Waals surface area contributed by atoms with Crippen LogP contribution in [0.1, 0.15) is 0 Å². The molecule has 0 aliphatic carbocycles. The van der Waals surface area contributed by atoms with Gasteiger partial charge in [0, 0.05) is 38.8 Å². The fraction of sp³-hybridized carbons (Fsp3) is 0.333. The van der Waals surface area contributed by atoms with Crippen molar-refractivity contribution in [2.24, 2.45) is 0 Å². The van der Waals surface area contributed by atoms with Gasteiger partial charge in [0.2, 0.25) is 0 Å². The van der Waals surface area contributed by atoms with Crippen molar-refractivity contribution in [3.63, 3.8) is 0 Å². The Labute approximate surface area is 67.1 Å². The summed E-state index contributed by atoms with van der Waals surface area (Å²) in [6.07, 6.45) is 0. The zero-order chi connectivity index (χ0) is 5.15. The molecule has 0 fully saturated rings. The summed E-state index contributed by atoms with van der Waals surface area (Å²) >= 11 is 0. The fourth-order valence-corrected chi connectivity index (χ4v) is 0. The minimum atomic E-state index is -1.21. The van der Waals surface area contributed by atoms with Crippen molar-refractivity contribution < 1.29 is 48.3 Å². The smallest absolute Gasteiger partial charge is 0.0665 e. The standard InChI is InChI=1S/C3H6NO2.Y/c1-2(4)3(5)6;/h2H,1,4H2,(H,5,6);/q-1;/t2-;/m0./s1. The molecule has 1 atom stereocenters. The second-order valence-electron chi connectivity index (χ2n) is 1.02. The number of hydrogen-bond acceptors (Lipinski definition) is 2. The molecule has 0 aliphatic rings. The SMILES string of the molecule is [CH2-][C@H]([NH3+])C(=O)[O-].[Y]. The number of carboxylic acids is 1. The molecule has 0 heterocycles. The maximum absolute atomic E-state index is 9.46. The number of carbonyl (C=O) groups is 1. The van der Waals surface area contributed by atoms with E-state index >= 15 is 0 Å². The molecule has 39 valence electrons. The molecular formula is C3H6NO2Y-. The number of hydrogen-bond donors (Lipinski definition) is 1. The van der Waals surface area contributed by atoms with E-state index in [1.807, 2.05) is 0 Å². The van der Waals surface area contributed by atoms with Gasteiger partial charge in [-0.15, -0.1) is 0 Å². The van der Waals surface area contributed by atoms with Gasteiger partial charge in [0.15, 0.2) is 0 Å². The van der Waals surface area contributed by atoms with E-state index in [1.165, 1.54) is 0 Å². The fourth-order valence-electron chi connectivity index (χ4n) is 0. The van der Waals surface area contributed by atoms with E-state index in [2.05, 4.69) is 12.7 Å². The first-order chi connectivity index (χ1) is 2.64. The van der Waals surface area contributed by atoms with Gasteiger partial charge in [-0.05, 0) is 0 Å². The van der Waals surface area contributed by atoms with Crippen LogP contribution in [0.15, 0.2) is 0 Å². The Morgan fingerprint density at radius 2 is 2.00 bits per heavy atom. The second-order valence-corrected chi connectivity index (χ2v) is 1.02. The zero-order valence-electron chi connectivity index (χ0n) is 3.89. The van der Waals surface area contributed by atoms with Crippen molar-refractivity contribution >= 4 is 5.97 Å². The van der Waals surface area contributed by atoms with Crippen LogP contribution in [0.5, 0.6) is 0 Å². The third-order valence-electron chi connectivity index (χ3n) is 0.333. The van der Waals surface area contributed by atoms with Crippen molar-refractivity contribution in [2.75, 3.05) is 0 Å². The molecule has 3 N–H and O–H groups in total. The van der Waals surface area contributed by atoms with Gasteiger partial charge in [0.1, 0.15) is 0 Å². The van der Waals surface area contributed by atoms with E-state index in [0.29, 0.717) is 0 Å². The Morgan fingerprint density at radius 1 is 1.86 bits per heavy atom. The minimum Gasteiger partial charge on any atom is -0.547 e. The Bertz CT molecular complexity index is 64.0. The molecule has 0 saturated carbocycles. The van der Waals surface area contributed by atoms with E-state index in [9.17, 15) is 9.90 Å². The molecule has 0 aromatic heterocycles. The molecular weight excluding hydrogens is 171 g/mol. The van der Waals surface area contributed by atoms with Crippen molar-refractivity contribution in [1.82, 2.24) is 0 Å². The van der Waals surface area contributed by atoms with Gasteiger partial charge in [-0.1, -0.05) is 0 Å². The summed E-state index contributed by atoms with van der Waals surface area (Å²) in [7, 11) is 0. The Kier molecular flexibility index (Phi) is 7.03. The molecule has 0 unspecified atom stereocenters. The largest absolute Gasteiger partial charge is 0.547 e. The van der Waals surface area contributed by atoms with Gasteiger partial charge in [-0.2, -0.15) is 0 Å². The molecule has 0 aromatic rings. The van der Waals surface area contributed by atoms with Crippen LogP contribution in [-0.2, 0) is 37.5 Å². The summed E-state index contributed by atoms with van der Waals surface area (Å²) < 4.78 is 0. The third-order valence-corrected chi connectivity index (χ3v) is 0.333. The summed E-state index contributed by atoms with van der Waals surface area (Å²) in [6.45, 7) is 3.06. The maximum atomic E-state index is 9.46. The van der Waals surface area contributed by atoms with E-state index < -0.39 is 12.0 Å². The van der Waals surface area contributed by atoms with Crippen LogP contribution in [0.4, 0.5) is 0 Å². The van der Waals surface area contributed by atoms with E-state index in [1.54, 1.807) is 0 Å². The molecule has 0 aliphatic heterocycles. The van der Waals surface area contributed by atoms with Gasteiger partial charge in [-0.25, -0.2) is 0 Å². The van der Waals surface area contributed by atoms with Gasteiger partial charge in [0.05, 0.1) is 5.97 Å². The monoisotopic (exact) mass is 177 g/mol. The van der Waals surface area contributed by atoms with E-state index in [-0.39, 0.29) is 32.7 Å². The predicted molar refractivity (Wildman–Crippen MR) is 17.0 cm³/mol. The van der Waals surface area contributed by atoms with Crippen LogP contribution in [-0.4, -0.2) is 12.0 Å². The van der Waals surface area contributed by atoms with Gasteiger partial charge >= 0.3 is 0 Å². The minimum absolute atomic E-state index is 0. The van der Waals surface area contributed by atoms with E-state index in [4.69, 9.17) is 0 Å². The first kappa shape index (κ1) is 10.5. The summed E-state index contributed by atoms with van der Waals surface area (Å²) in [6, 6.07) is -0.843. The first-order valence-corrected chi connectivity index (χ1v) is 1.51. The third kappa shape index (κ3) is 6.53. The summed E-state index contributed by atoms with van der Waals surface area (Å²) in [5.41, 5.74) is 3.06. The quantitative estimate of drug-likeness (QED) is 0.439. The van der Waals surface area contributed by atoms with Crippen molar-refractivity contribution in [3.05, 3.63) is 6.92 Å². The zero-order valence-corrected chi connectivity index (χ0v) is 6.72. The topological polar surface area (TPSA) is 67.8 Å². The van der Waals surface area contributed by atoms with Gasteiger partial charge in [0.25, 0.3) is 0 Å². The average molecular weight is 177 g/mol. The van der Waals surface area contributed by atoms with Crippen molar-refractivity contribution in [2.45, 2.75) is 6.04 Å². The molecule has 0 bridgehead atoms. The summed E-state index contributed by atoms with van der Waals surface area (Å²) in [5.74, 6) is -1.21. The molecule has 1 radical (unpaired) electrons. The van der Waals surface area contributed by atoms with Crippen molar-refractivity contribution in [1.29, 1.82) is 0 Å². The number of aliphatic carboxylic acids is 1.